The molecule has 0 bridgehead atoms. The summed E-state index contributed by atoms with van der Waals surface area (Å²) in [5.41, 5.74) is 1.97. The number of imidazole rings is 1. The smallest absolute Gasteiger partial charge is 0.449 e. The second-order valence-electron chi connectivity index (χ2n) is 9.00. The molecule has 0 amide bonds. The van der Waals surface area contributed by atoms with E-state index in [1.54, 1.807) is 36.4 Å². The Bertz CT molecular complexity index is 1200. The molecule has 1 heterocycles. The van der Waals surface area contributed by atoms with Gasteiger partial charge in [-0.1, -0.05) is 69.7 Å². The molecule has 0 saturated heterocycles. The number of para-hydroxylation sites is 1. The highest BCUT2D eigenvalue weighted by molar-refractivity contribution is 5.74. The molecule has 0 atom stereocenters. The van der Waals surface area contributed by atoms with Crippen LogP contribution in [0.5, 0.6) is 5.75 Å². The van der Waals surface area contributed by atoms with E-state index in [1.165, 1.54) is 9.13 Å². The Labute approximate surface area is 203 Å². The largest absolute Gasteiger partial charge is 0.511 e. The summed E-state index contributed by atoms with van der Waals surface area (Å²) in [4.78, 5) is 24.2. The van der Waals surface area contributed by atoms with Crippen molar-refractivity contribution in [1.82, 2.24) is 9.13 Å². The molecule has 2 aromatic carbocycles. The van der Waals surface area contributed by atoms with Crippen LogP contribution in [0.4, 0.5) is 13.6 Å². The highest BCUT2D eigenvalue weighted by atomic mass is 19.3. The summed E-state index contributed by atoms with van der Waals surface area (Å²) < 4.78 is 35.8. The van der Waals surface area contributed by atoms with Crippen molar-refractivity contribution in [3.05, 3.63) is 76.0 Å². The van der Waals surface area contributed by atoms with Crippen molar-refractivity contribution < 1.29 is 23.4 Å². The van der Waals surface area contributed by atoms with Gasteiger partial charge in [0.1, 0.15) is 11.4 Å². The van der Waals surface area contributed by atoms with Gasteiger partial charge in [0.2, 0.25) is 0 Å². The molecule has 6 nitrogen and oxygen atoms in total. The third-order valence-electron chi connectivity index (χ3n) is 5.96. The quantitative estimate of drug-likeness (QED) is 0.240. The summed E-state index contributed by atoms with van der Waals surface area (Å²) in [5, 5.41) is 8.98. The van der Waals surface area contributed by atoms with Gasteiger partial charge in [-0.2, -0.15) is 0 Å². The molecule has 0 saturated carbocycles. The van der Waals surface area contributed by atoms with Gasteiger partial charge in [0.15, 0.2) is 0 Å². The van der Waals surface area contributed by atoms with Crippen molar-refractivity contribution >= 4 is 6.16 Å². The van der Waals surface area contributed by atoms with Gasteiger partial charge in [-0.15, -0.1) is 0 Å². The minimum Gasteiger partial charge on any atom is -0.449 e. The van der Waals surface area contributed by atoms with Gasteiger partial charge in [-0.25, -0.2) is 18.4 Å². The van der Waals surface area contributed by atoms with Crippen molar-refractivity contribution in [2.75, 3.05) is 0 Å². The van der Waals surface area contributed by atoms with Crippen molar-refractivity contribution in [2.45, 2.75) is 66.0 Å². The second-order valence-corrected chi connectivity index (χ2v) is 9.00. The number of carboxylic acid groups (broad SMARTS) is 1. The Hall–Kier alpha value is -3.42. The predicted molar refractivity (Wildman–Crippen MR) is 131 cm³/mol. The molecule has 0 aliphatic rings. The number of unbranched alkanes of at least 4 members (excludes halogenated alkanes) is 1. The number of rotatable bonds is 11. The monoisotopic (exact) mass is 486 g/mol. The van der Waals surface area contributed by atoms with E-state index in [4.69, 9.17) is 9.84 Å². The number of nitrogens with zero attached hydrogens (tertiary/aromatic N) is 2. The van der Waals surface area contributed by atoms with Crippen LogP contribution >= 0.6 is 0 Å². The molecule has 0 radical (unpaired) electrons. The third kappa shape index (κ3) is 6.38. The molecule has 0 aliphatic heterocycles. The lowest BCUT2D eigenvalue weighted by Crippen LogP contribution is -2.26. The molecule has 1 aromatic heterocycles. The fourth-order valence-electron chi connectivity index (χ4n) is 4.15. The molecular formula is C27H32F2N2O4. The van der Waals surface area contributed by atoms with E-state index in [9.17, 15) is 18.4 Å². The molecule has 188 valence electrons. The zero-order valence-corrected chi connectivity index (χ0v) is 20.3. The first kappa shape index (κ1) is 26.2. The zero-order valence-electron chi connectivity index (χ0n) is 20.3. The lowest BCUT2D eigenvalue weighted by Gasteiger charge is -2.12. The normalized spacial score (nSPS) is 11.4. The summed E-state index contributed by atoms with van der Waals surface area (Å²) in [6.07, 6.45) is -1.56. The minimum absolute atomic E-state index is 0.166. The summed E-state index contributed by atoms with van der Waals surface area (Å²) in [6, 6.07) is 14.0. The molecule has 0 spiro atoms. The fraction of sp³-hybridized carbons (Fsp3) is 0.407. The maximum absolute atomic E-state index is 14.1. The van der Waals surface area contributed by atoms with E-state index < -0.39 is 18.3 Å². The standard InChI is InChI=1S/C27H32F2N2O4/c1-4-5-16-30-24(25(28)29)22(15-10-18(2)3)31(26(30)32)17-19-11-13-20(14-12-19)21-8-6-7-9-23(21)35-27(33)34/h6-9,11-14,18,25H,4-5,10,15-17H2,1-3H3,(H,33,34). The van der Waals surface area contributed by atoms with Crippen LogP contribution in [0.15, 0.2) is 53.3 Å². The number of alkyl halides is 2. The van der Waals surface area contributed by atoms with Crippen LogP contribution in [-0.2, 0) is 19.5 Å². The average molecular weight is 487 g/mol. The number of halogens is 2. The first-order chi connectivity index (χ1) is 16.7. The molecule has 0 fully saturated rings. The molecule has 0 aliphatic carbocycles. The van der Waals surface area contributed by atoms with E-state index >= 15 is 0 Å². The molecule has 3 aromatic rings. The third-order valence-corrected chi connectivity index (χ3v) is 5.96. The van der Waals surface area contributed by atoms with Crippen LogP contribution in [0.2, 0.25) is 0 Å². The van der Waals surface area contributed by atoms with Crippen molar-refractivity contribution in [3.63, 3.8) is 0 Å². The van der Waals surface area contributed by atoms with Gasteiger partial charge < -0.3 is 9.84 Å². The van der Waals surface area contributed by atoms with Gasteiger partial charge in [-0.3, -0.25) is 9.13 Å². The van der Waals surface area contributed by atoms with Crippen LogP contribution in [0.1, 0.15) is 63.4 Å². The Morgan fingerprint density at radius 1 is 1.06 bits per heavy atom. The molecular weight excluding hydrogens is 454 g/mol. The SMILES string of the molecule is CCCCn1c(C(F)F)c(CCC(C)C)n(Cc2ccc(-c3ccccc3OC(=O)O)cc2)c1=O. The Balaban J connectivity index is 1.97. The second kappa shape index (κ2) is 11.8. The number of carbonyl (C=O) groups is 1. The molecule has 0 unspecified atom stereocenters. The predicted octanol–water partition coefficient (Wildman–Crippen LogP) is 6.75. The number of hydrogen-bond donors (Lipinski definition) is 1. The highest BCUT2D eigenvalue weighted by Crippen LogP contribution is 2.31. The van der Waals surface area contributed by atoms with Gasteiger partial charge in [0, 0.05) is 17.8 Å². The van der Waals surface area contributed by atoms with Gasteiger partial charge in [-0.05, 0) is 42.4 Å². The molecule has 8 heteroatoms. The van der Waals surface area contributed by atoms with E-state index in [2.05, 4.69) is 0 Å². The molecule has 35 heavy (non-hydrogen) atoms. The van der Waals surface area contributed by atoms with Gasteiger partial charge >= 0.3 is 11.8 Å². The van der Waals surface area contributed by atoms with E-state index in [0.29, 0.717) is 36.4 Å². The van der Waals surface area contributed by atoms with Crippen molar-refractivity contribution in [1.29, 1.82) is 0 Å². The maximum Gasteiger partial charge on any atom is 0.511 e. The van der Waals surface area contributed by atoms with Crippen molar-refractivity contribution in [2.24, 2.45) is 5.92 Å². The van der Waals surface area contributed by atoms with E-state index in [-0.39, 0.29) is 24.5 Å². The number of benzene rings is 2. The Kier molecular flexibility index (Phi) is 8.84. The fourth-order valence-corrected chi connectivity index (χ4v) is 4.15. The molecule has 1 N–H and O–H groups in total. The van der Waals surface area contributed by atoms with Crippen LogP contribution < -0.4 is 10.4 Å². The van der Waals surface area contributed by atoms with Gasteiger partial charge in [0.25, 0.3) is 6.43 Å². The lowest BCUT2D eigenvalue weighted by molar-refractivity contribution is 0.138. The van der Waals surface area contributed by atoms with Crippen LogP contribution in [0.3, 0.4) is 0 Å². The molecule has 3 rings (SSSR count). The topological polar surface area (TPSA) is 73.5 Å². The highest BCUT2D eigenvalue weighted by Gasteiger charge is 2.26. The van der Waals surface area contributed by atoms with Gasteiger partial charge in [0.05, 0.1) is 6.54 Å². The first-order valence-electron chi connectivity index (χ1n) is 11.9. The van der Waals surface area contributed by atoms with Crippen LogP contribution in [0, 0.1) is 5.92 Å². The summed E-state index contributed by atoms with van der Waals surface area (Å²) in [5.74, 6) is 0.532. The van der Waals surface area contributed by atoms with E-state index in [0.717, 1.165) is 17.5 Å². The number of hydrogen-bond acceptors (Lipinski definition) is 3. The summed E-state index contributed by atoms with van der Waals surface area (Å²) in [6.45, 7) is 6.48. The summed E-state index contributed by atoms with van der Waals surface area (Å²) in [7, 11) is 0. The summed E-state index contributed by atoms with van der Waals surface area (Å²) >= 11 is 0. The lowest BCUT2D eigenvalue weighted by atomic mass is 10.0. The average Bonchev–Trinajstić information content (AvgIpc) is 3.07. The minimum atomic E-state index is -2.73. The Morgan fingerprint density at radius 2 is 1.74 bits per heavy atom. The maximum atomic E-state index is 14.1. The van der Waals surface area contributed by atoms with E-state index in [1.807, 2.05) is 32.9 Å². The van der Waals surface area contributed by atoms with Crippen LogP contribution in [-0.4, -0.2) is 20.4 Å². The number of aromatic nitrogens is 2. The van der Waals surface area contributed by atoms with Crippen molar-refractivity contribution in [3.8, 4) is 16.9 Å². The first-order valence-corrected chi connectivity index (χ1v) is 11.9. The Morgan fingerprint density at radius 3 is 2.34 bits per heavy atom. The zero-order chi connectivity index (χ0) is 25.5. The van der Waals surface area contributed by atoms with Crippen LogP contribution in [0.25, 0.3) is 11.1 Å². The number of ether oxygens (including phenoxy) is 1.